The van der Waals surface area contributed by atoms with Crippen molar-refractivity contribution in [3.05, 3.63) is 60.0 Å². The molecule has 0 saturated carbocycles. The van der Waals surface area contributed by atoms with Crippen LogP contribution in [-0.2, 0) is 21.3 Å². The van der Waals surface area contributed by atoms with Gasteiger partial charge in [0.05, 0.1) is 12.9 Å². The van der Waals surface area contributed by atoms with Gasteiger partial charge in [-0.2, -0.15) is 13.4 Å². The molecule has 0 saturated heterocycles. The van der Waals surface area contributed by atoms with Gasteiger partial charge in [-0.1, -0.05) is 17.3 Å². The molecule has 0 aliphatic carbocycles. The van der Waals surface area contributed by atoms with Gasteiger partial charge < -0.3 is 18.8 Å². The number of aromatic nitrogens is 2. The quantitative estimate of drug-likeness (QED) is 0.499. The molecule has 0 aliphatic rings. The molecular formula is C21H23N3O6S. The van der Waals surface area contributed by atoms with Gasteiger partial charge in [-0.3, -0.25) is 4.79 Å². The van der Waals surface area contributed by atoms with Crippen LogP contribution in [0.15, 0.2) is 53.1 Å². The Morgan fingerprint density at radius 3 is 2.35 bits per heavy atom. The van der Waals surface area contributed by atoms with Crippen molar-refractivity contribution in [2.24, 2.45) is 0 Å². The minimum atomic E-state index is -3.53. The summed E-state index contributed by atoms with van der Waals surface area (Å²) in [7, 11) is -3.53. The lowest BCUT2D eigenvalue weighted by molar-refractivity contribution is -0.119. The van der Waals surface area contributed by atoms with Gasteiger partial charge in [0.1, 0.15) is 17.5 Å². The molecule has 0 spiro atoms. The number of carbonyl (C=O) groups excluding carboxylic acids is 1. The van der Waals surface area contributed by atoms with Crippen molar-refractivity contribution in [2.75, 3.05) is 12.9 Å². The van der Waals surface area contributed by atoms with Crippen LogP contribution in [0.3, 0.4) is 0 Å². The Balaban J connectivity index is 1.52. The van der Waals surface area contributed by atoms with E-state index in [0.717, 1.165) is 17.4 Å². The SMILES string of the molecule is CC(=O)NC(C)c1nc(-c2ccc(OCCc3ccc(OS(C)(=O)=O)cc3)cc2)no1. The summed E-state index contributed by atoms with van der Waals surface area (Å²) in [6.45, 7) is 3.64. The molecule has 2 aromatic carbocycles. The summed E-state index contributed by atoms with van der Waals surface area (Å²) >= 11 is 0. The Hall–Kier alpha value is -3.40. The predicted molar refractivity (Wildman–Crippen MR) is 113 cm³/mol. The van der Waals surface area contributed by atoms with E-state index in [4.69, 9.17) is 13.4 Å². The highest BCUT2D eigenvalue weighted by molar-refractivity contribution is 7.86. The van der Waals surface area contributed by atoms with Gasteiger partial charge in [0, 0.05) is 18.9 Å². The Morgan fingerprint density at radius 1 is 1.10 bits per heavy atom. The molecule has 1 amide bonds. The van der Waals surface area contributed by atoms with Gasteiger partial charge in [0.15, 0.2) is 0 Å². The number of ether oxygens (including phenoxy) is 1. The molecule has 0 aliphatic heterocycles. The first-order chi connectivity index (χ1) is 14.7. The van der Waals surface area contributed by atoms with E-state index in [2.05, 4.69) is 15.5 Å². The maximum atomic E-state index is 11.1. The molecule has 0 radical (unpaired) electrons. The summed E-state index contributed by atoms with van der Waals surface area (Å²) in [6.07, 6.45) is 1.65. The zero-order valence-corrected chi connectivity index (χ0v) is 18.2. The fourth-order valence-corrected chi connectivity index (χ4v) is 3.23. The minimum Gasteiger partial charge on any atom is -0.493 e. The number of nitrogens with zero attached hydrogens (tertiary/aromatic N) is 2. The number of rotatable bonds is 9. The summed E-state index contributed by atoms with van der Waals surface area (Å²) in [5, 5.41) is 6.64. The molecule has 1 atom stereocenters. The van der Waals surface area contributed by atoms with Gasteiger partial charge in [-0.05, 0) is 48.9 Å². The van der Waals surface area contributed by atoms with Crippen molar-refractivity contribution < 1.29 is 26.7 Å². The normalized spacial score (nSPS) is 12.2. The van der Waals surface area contributed by atoms with Crippen LogP contribution in [0, 0.1) is 0 Å². The number of benzene rings is 2. The summed E-state index contributed by atoms with van der Waals surface area (Å²) in [6, 6.07) is 13.7. The van der Waals surface area contributed by atoms with Crippen LogP contribution >= 0.6 is 0 Å². The van der Waals surface area contributed by atoms with E-state index in [1.54, 1.807) is 31.2 Å². The zero-order valence-electron chi connectivity index (χ0n) is 17.4. The molecule has 31 heavy (non-hydrogen) atoms. The molecule has 1 N–H and O–H groups in total. The van der Waals surface area contributed by atoms with Crippen molar-refractivity contribution in [3.8, 4) is 22.9 Å². The summed E-state index contributed by atoms with van der Waals surface area (Å²) in [5.74, 6) is 1.55. The van der Waals surface area contributed by atoms with Crippen LogP contribution in [0.25, 0.3) is 11.4 Å². The maximum absolute atomic E-state index is 11.1. The van der Waals surface area contributed by atoms with Crippen molar-refractivity contribution in [2.45, 2.75) is 26.3 Å². The second-order valence-corrected chi connectivity index (χ2v) is 8.51. The molecule has 9 nitrogen and oxygen atoms in total. The number of hydrogen-bond acceptors (Lipinski definition) is 8. The van der Waals surface area contributed by atoms with Gasteiger partial charge in [0.2, 0.25) is 17.6 Å². The molecule has 0 bridgehead atoms. The molecule has 1 aromatic heterocycles. The van der Waals surface area contributed by atoms with E-state index in [1.165, 1.54) is 6.92 Å². The second-order valence-electron chi connectivity index (χ2n) is 6.93. The molecule has 3 aromatic rings. The molecule has 164 valence electrons. The monoisotopic (exact) mass is 445 g/mol. The minimum absolute atomic E-state index is 0.174. The fourth-order valence-electron chi connectivity index (χ4n) is 2.77. The standard InChI is InChI=1S/C21H23N3O6S/c1-14(22-15(2)25)21-23-20(24-29-21)17-6-10-18(11-7-17)28-13-12-16-4-8-19(9-5-16)30-31(3,26)27/h4-11,14H,12-13H2,1-3H3,(H,22,25). The number of hydrogen-bond donors (Lipinski definition) is 1. The molecule has 0 fully saturated rings. The van der Waals surface area contributed by atoms with E-state index < -0.39 is 10.1 Å². The lowest BCUT2D eigenvalue weighted by Crippen LogP contribution is -2.23. The molecule has 3 rings (SSSR count). The van der Waals surface area contributed by atoms with Gasteiger partial charge in [-0.25, -0.2) is 0 Å². The topological polar surface area (TPSA) is 121 Å². The smallest absolute Gasteiger partial charge is 0.306 e. The van der Waals surface area contributed by atoms with Crippen molar-refractivity contribution in [3.63, 3.8) is 0 Å². The average molecular weight is 445 g/mol. The third kappa shape index (κ3) is 6.82. The Bertz CT molecular complexity index is 1120. The van der Waals surface area contributed by atoms with Crippen molar-refractivity contribution in [1.82, 2.24) is 15.5 Å². The first-order valence-corrected chi connectivity index (χ1v) is 11.3. The van der Waals surface area contributed by atoms with E-state index in [0.29, 0.717) is 30.5 Å². The van der Waals surface area contributed by atoms with E-state index >= 15 is 0 Å². The highest BCUT2D eigenvalue weighted by atomic mass is 32.2. The zero-order chi connectivity index (χ0) is 22.4. The second kappa shape index (κ2) is 9.61. The lowest BCUT2D eigenvalue weighted by Gasteiger charge is -2.08. The van der Waals surface area contributed by atoms with Crippen LogP contribution in [0.1, 0.15) is 31.3 Å². The summed E-state index contributed by atoms with van der Waals surface area (Å²) in [4.78, 5) is 15.5. The van der Waals surface area contributed by atoms with Gasteiger partial charge in [0.25, 0.3) is 0 Å². The van der Waals surface area contributed by atoms with Crippen LogP contribution in [0.5, 0.6) is 11.5 Å². The molecular weight excluding hydrogens is 422 g/mol. The largest absolute Gasteiger partial charge is 0.493 e. The van der Waals surface area contributed by atoms with Crippen LogP contribution in [-0.4, -0.2) is 37.3 Å². The Labute approximate surface area is 180 Å². The predicted octanol–water partition coefficient (Wildman–Crippen LogP) is 2.89. The first-order valence-electron chi connectivity index (χ1n) is 9.52. The van der Waals surface area contributed by atoms with E-state index in [-0.39, 0.29) is 17.7 Å². The van der Waals surface area contributed by atoms with Crippen LogP contribution in [0.4, 0.5) is 0 Å². The maximum Gasteiger partial charge on any atom is 0.306 e. The van der Waals surface area contributed by atoms with Crippen LogP contribution < -0.4 is 14.2 Å². The number of amides is 1. The Kier molecular flexibility index (Phi) is 6.91. The number of nitrogens with one attached hydrogen (secondary N) is 1. The molecule has 10 heteroatoms. The van der Waals surface area contributed by atoms with E-state index in [1.807, 2.05) is 24.3 Å². The summed E-state index contributed by atoms with van der Waals surface area (Å²) < 4.78 is 38.0. The fraction of sp³-hybridized carbons (Fsp3) is 0.286. The van der Waals surface area contributed by atoms with Crippen molar-refractivity contribution in [1.29, 1.82) is 0 Å². The highest BCUT2D eigenvalue weighted by Gasteiger charge is 2.16. The third-order valence-corrected chi connectivity index (χ3v) is 4.67. The van der Waals surface area contributed by atoms with Gasteiger partial charge in [-0.15, -0.1) is 0 Å². The van der Waals surface area contributed by atoms with Gasteiger partial charge >= 0.3 is 10.1 Å². The summed E-state index contributed by atoms with van der Waals surface area (Å²) in [5.41, 5.74) is 1.75. The van der Waals surface area contributed by atoms with E-state index in [9.17, 15) is 13.2 Å². The first kappa shape index (κ1) is 22.3. The van der Waals surface area contributed by atoms with Crippen molar-refractivity contribution >= 4 is 16.0 Å². The average Bonchev–Trinajstić information content (AvgIpc) is 3.19. The number of carbonyl (C=O) groups is 1. The van der Waals surface area contributed by atoms with Crippen LogP contribution in [0.2, 0.25) is 0 Å². The third-order valence-electron chi connectivity index (χ3n) is 4.17. The Morgan fingerprint density at radius 2 is 1.74 bits per heavy atom. The lowest BCUT2D eigenvalue weighted by atomic mass is 10.1. The molecule has 1 unspecified atom stereocenters. The highest BCUT2D eigenvalue weighted by Crippen LogP contribution is 2.22. The molecule has 1 heterocycles.